The molecule has 2 aliphatic heterocycles. The number of hydrogen-bond donors (Lipinski definition) is 2. The number of carbonyl (C=O) groups excluding carboxylic acids is 2. The lowest BCUT2D eigenvalue weighted by Gasteiger charge is -2.38. The minimum absolute atomic E-state index is 0.0165. The zero-order chi connectivity index (χ0) is 24.5. The van der Waals surface area contributed by atoms with Gasteiger partial charge in [-0.25, -0.2) is 14.8 Å². The Bertz CT molecular complexity index is 1270. The Labute approximate surface area is 211 Å². The highest BCUT2D eigenvalue weighted by atomic mass is 35.5. The van der Waals surface area contributed by atoms with Crippen LogP contribution in [0.3, 0.4) is 0 Å². The molecule has 182 valence electrons. The smallest absolute Gasteiger partial charge is 0.324 e. The molecule has 10 nitrogen and oxygen atoms in total. The number of anilines is 4. The maximum atomic E-state index is 13.2. The zero-order valence-electron chi connectivity index (χ0n) is 19.1. The van der Waals surface area contributed by atoms with E-state index in [0.717, 1.165) is 35.8 Å². The van der Waals surface area contributed by atoms with Crippen LogP contribution in [0.2, 0.25) is 5.02 Å². The van der Waals surface area contributed by atoms with Gasteiger partial charge < -0.3 is 20.9 Å². The molecular formula is C23H25ClN8O2S. The highest BCUT2D eigenvalue weighted by molar-refractivity contribution is 7.10. The van der Waals surface area contributed by atoms with Crippen molar-refractivity contribution in [1.29, 1.82) is 0 Å². The van der Waals surface area contributed by atoms with Gasteiger partial charge in [0.1, 0.15) is 10.8 Å². The Kier molecular flexibility index (Phi) is 6.44. The van der Waals surface area contributed by atoms with Crippen molar-refractivity contribution in [3.63, 3.8) is 0 Å². The molecule has 3 N–H and O–H groups in total. The second-order valence-corrected chi connectivity index (χ2v) is 9.84. The molecule has 35 heavy (non-hydrogen) atoms. The molecule has 3 aromatic rings. The summed E-state index contributed by atoms with van der Waals surface area (Å²) in [6.45, 7) is 4.55. The van der Waals surface area contributed by atoms with Crippen LogP contribution in [0.25, 0.3) is 0 Å². The summed E-state index contributed by atoms with van der Waals surface area (Å²) in [6, 6.07) is 9.25. The van der Waals surface area contributed by atoms with Crippen LogP contribution in [-0.4, -0.2) is 63.4 Å². The third kappa shape index (κ3) is 4.87. The van der Waals surface area contributed by atoms with Gasteiger partial charge in [-0.3, -0.25) is 9.69 Å². The fraction of sp³-hybridized carbons (Fsp3) is 0.348. The molecule has 5 rings (SSSR count). The largest absolute Gasteiger partial charge is 0.364 e. The van der Waals surface area contributed by atoms with E-state index in [4.69, 9.17) is 17.3 Å². The summed E-state index contributed by atoms with van der Waals surface area (Å²) in [7, 11) is 0. The van der Waals surface area contributed by atoms with Crippen molar-refractivity contribution in [1.82, 2.24) is 19.2 Å². The van der Waals surface area contributed by atoms with Gasteiger partial charge in [0.05, 0.1) is 17.9 Å². The maximum absolute atomic E-state index is 13.2. The number of nitrogens with one attached hydrogen (secondary N) is 1. The van der Waals surface area contributed by atoms with Crippen molar-refractivity contribution < 1.29 is 9.59 Å². The first kappa shape index (κ1) is 23.3. The normalized spacial score (nSPS) is 18.3. The molecule has 0 spiro atoms. The molecule has 2 aromatic heterocycles. The summed E-state index contributed by atoms with van der Waals surface area (Å²) in [5.41, 5.74) is 7.27. The minimum atomic E-state index is -0.659. The number of aryl methyl sites for hydroxylation is 1. The predicted octanol–water partition coefficient (Wildman–Crippen LogP) is 3.65. The number of halogens is 1. The molecule has 12 heteroatoms. The lowest BCUT2D eigenvalue weighted by Crippen LogP contribution is -2.49. The molecule has 0 aliphatic carbocycles. The van der Waals surface area contributed by atoms with Crippen molar-refractivity contribution in [3.05, 3.63) is 52.9 Å². The standard InChI is InChI=1S/C23H25ClN8O2S/c1-14-10-19(35-29-14)28-22-20(21(25)33)26-12-18(27-22)30-7-3-6-17(13-30)32-9-8-31(23(32)34)16-5-2-4-15(24)11-16/h2,4-5,10-12,17H,3,6-9,13H2,1H3,(H2,25,33)(H,27,28)/t17-/m1/s1. The molecule has 2 aliphatic rings. The summed E-state index contributed by atoms with van der Waals surface area (Å²) >= 11 is 7.40. The minimum Gasteiger partial charge on any atom is -0.364 e. The summed E-state index contributed by atoms with van der Waals surface area (Å²) in [4.78, 5) is 39.9. The molecule has 1 atom stereocenters. The van der Waals surface area contributed by atoms with Crippen LogP contribution in [0, 0.1) is 6.92 Å². The summed E-state index contributed by atoms with van der Waals surface area (Å²) in [5.74, 6) is 0.264. The van der Waals surface area contributed by atoms with Crippen molar-refractivity contribution in [3.8, 4) is 0 Å². The Morgan fingerprint density at radius 1 is 1.26 bits per heavy atom. The van der Waals surface area contributed by atoms with E-state index in [1.165, 1.54) is 11.5 Å². The number of aromatic nitrogens is 3. The summed E-state index contributed by atoms with van der Waals surface area (Å²) in [5, 5.41) is 4.48. The van der Waals surface area contributed by atoms with E-state index in [-0.39, 0.29) is 17.8 Å². The van der Waals surface area contributed by atoms with Gasteiger partial charge in [0.25, 0.3) is 5.91 Å². The van der Waals surface area contributed by atoms with Gasteiger partial charge in [-0.1, -0.05) is 17.7 Å². The third-order valence-corrected chi connectivity index (χ3v) is 7.22. The van der Waals surface area contributed by atoms with Crippen LogP contribution < -0.4 is 20.9 Å². The van der Waals surface area contributed by atoms with Gasteiger partial charge in [0, 0.05) is 36.9 Å². The highest BCUT2D eigenvalue weighted by Crippen LogP contribution is 2.29. The van der Waals surface area contributed by atoms with Crippen molar-refractivity contribution in [2.24, 2.45) is 5.73 Å². The molecule has 3 amide bonds. The van der Waals surface area contributed by atoms with Gasteiger partial charge in [-0.2, -0.15) is 4.37 Å². The Balaban J connectivity index is 1.34. The zero-order valence-corrected chi connectivity index (χ0v) is 20.7. The molecule has 0 bridgehead atoms. The van der Waals surface area contributed by atoms with Gasteiger partial charge in [0.2, 0.25) is 0 Å². The van der Waals surface area contributed by atoms with Crippen LogP contribution in [0.4, 0.5) is 27.1 Å². The van der Waals surface area contributed by atoms with E-state index in [0.29, 0.717) is 36.3 Å². The number of piperidine rings is 1. The van der Waals surface area contributed by atoms with Crippen molar-refractivity contribution >= 4 is 57.4 Å². The van der Waals surface area contributed by atoms with Crippen LogP contribution in [0.1, 0.15) is 29.0 Å². The predicted molar refractivity (Wildman–Crippen MR) is 137 cm³/mol. The third-order valence-electron chi connectivity index (χ3n) is 6.19. The fourth-order valence-electron chi connectivity index (χ4n) is 4.53. The van der Waals surface area contributed by atoms with Crippen LogP contribution in [-0.2, 0) is 0 Å². The molecule has 0 radical (unpaired) electrons. The Morgan fingerprint density at radius 2 is 2.11 bits per heavy atom. The van der Waals surface area contributed by atoms with Gasteiger partial charge in [0.15, 0.2) is 11.5 Å². The monoisotopic (exact) mass is 512 g/mol. The second kappa shape index (κ2) is 9.67. The van der Waals surface area contributed by atoms with E-state index in [2.05, 4.69) is 24.6 Å². The van der Waals surface area contributed by atoms with Crippen LogP contribution >= 0.6 is 23.1 Å². The Morgan fingerprint density at radius 3 is 2.86 bits per heavy atom. The van der Waals surface area contributed by atoms with Crippen molar-refractivity contribution in [2.75, 3.05) is 41.3 Å². The number of nitrogens with two attached hydrogens (primary N) is 1. The van der Waals surface area contributed by atoms with Gasteiger partial charge in [-0.15, -0.1) is 0 Å². The van der Waals surface area contributed by atoms with E-state index in [1.54, 1.807) is 17.2 Å². The summed E-state index contributed by atoms with van der Waals surface area (Å²) in [6.07, 6.45) is 3.38. The number of amides is 3. The molecule has 0 unspecified atom stereocenters. The number of rotatable bonds is 6. The topological polar surface area (TPSA) is 121 Å². The average molecular weight is 513 g/mol. The number of urea groups is 1. The van der Waals surface area contributed by atoms with Crippen molar-refractivity contribution in [2.45, 2.75) is 25.8 Å². The van der Waals surface area contributed by atoms with Gasteiger partial charge in [-0.05, 0) is 55.6 Å². The first-order valence-corrected chi connectivity index (χ1v) is 12.5. The molecule has 1 aromatic carbocycles. The number of primary amides is 1. The number of benzene rings is 1. The van der Waals surface area contributed by atoms with E-state index in [1.807, 2.05) is 36.1 Å². The molecule has 2 saturated heterocycles. The van der Waals surface area contributed by atoms with Crippen LogP contribution in [0.15, 0.2) is 36.5 Å². The molecule has 4 heterocycles. The average Bonchev–Trinajstić information content (AvgIpc) is 3.43. The van der Waals surface area contributed by atoms with E-state index < -0.39 is 5.91 Å². The van der Waals surface area contributed by atoms with E-state index in [9.17, 15) is 9.59 Å². The number of carbonyl (C=O) groups is 2. The highest BCUT2D eigenvalue weighted by Gasteiger charge is 2.37. The summed E-state index contributed by atoms with van der Waals surface area (Å²) < 4.78 is 4.25. The Hall–Kier alpha value is -3.44. The maximum Gasteiger partial charge on any atom is 0.324 e. The molecular weight excluding hydrogens is 488 g/mol. The quantitative estimate of drug-likeness (QED) is 0.517. The van der Waals surface area contributed by atoms with E-state index >= 15 is 0 Å². The molecule has 0 saturated carbocycles. The van der Waals surface area contributed by atoms with Gasteiger partial charge >= 0.3 is 6.03 Å². The molecule has 2 fully saturated rings. The lowest BCUT2D eigenvalue weighted by atomic mass is 10.0. The lowest BCUT2D eigenvalue weighted by molar-refractivity contribution is 0.0996. The number of nitrogens with zero attached hydrogens (tertiary/aromatic N) is 6. The number of hydrogen-bond acceptors (Lipinski definition) is 8. The first-order chi connectivity index (χ1) is 16.9. The SMILES string of the molecule is Cc1cc(Nc2nc(N3CCC[C@@H](N4CCN(c5cccc(Cl)c5)C4=O)C3)cnc2C(N)=O)sn1. The first-order valence-electron chi connectivity index (χ1n) is 11.3. The second-order valence-electron chi connectivity index (χ2n) is 8.60. The van der Waals surface area contributed by atoms with Crippen LogP contribution in [0.5, 0.6) is 0 Å². The fourth-order valence-corrected chi connectivity index (χ4v) is 5.38.